The van der Waals surface area contributed by atoms with Crippen molar-refractivity contribution in [3.8, 4) is 0 Å². The fraction of sp³-hybridized carbons (Fsp3) is 0.333. The lowest BCUT2D eigenvalue weighted by atomic mass is 10.1. The van der Waals surface area contributed by atoms with E-state index in [0.29, 0.717) is 25.3 Å². The highest BCUT2D eigenvalue weighted by Gasteiger charge is 2.24. The summed E-state index contributed by atoms with van der Waals surface area (Å²) < 4.78 is 5.95. The lowest BCUT2D eigenvalue weighted by molar-refractivity contribution is -0.119. The number of hydrogen-bond donors (Lipinski definition) is 2. The lowest BCUT2D eigenvalue weighted by Crippen LogP contribution is -2.24. The number of benzene rings is 1. The summed E-state index contributed by atoms with van der Waals surface area (Å²) in [7, 11) is 0. The Morgan fingerprint density at radius 1 is 1.44 bits per heavy atom. The zero-order valence-corrected chi connectivity index (χ0v) is 11.6. The number of ether oxygens (including phenoxy) is 1. The van der Waals surface area contributed by atoms with Crippen LogP contribution in [0.25, 0.3) is 0 Å². The molecular weight excluding hydrogens is 349 g/mol. The van der Waals surface area contributed by atoms with E-state index in [-0.39, 0.29) is 17.4 Å². The van der Waals surface area contributed by atoms with Crippen molar-refractivity contribution in [2.24, 2.45) is 5.92 Å². The van der Waals surface area contributed by atoms with Crippen LogP contribution in [-0.2, 0) is 9.53 Å². The third kappa shape index (κ3) is 2.99. The fourth-order valence-corrected chi connectivity index (χ4v) is 2.27. The maximum absolute atomic E-state index is 11.9. The Labute approximate surface area is 118 Å². The van der Waals surface area contributed by atoms with Gasteiger partial charge in [0, 0.05) is 10.2 Å². The molecule has 18 heavy (non-hydrogen) atoms. The second-order valence-corrected chi connectivity index (χ2v) is 5.29. The number of carbonyl (C=O) groups is 2. The Bertz CT molecular complexity index is 483. The standard InChI is InChI=1S/C12H12INO4/c13-8-1-2-10(9(5-8)12(16)17)14-11(15)7-3-4-18-6-7/h1-2,5,7H,3-4,6H2,(H,14,15)(H,16,17). The average Bonchev–Trinajstić information content (AvgIpc) is 2.84. The molecule has 1 amide bonds. The largest absolute Gasteiger partial charge is 0.478 e. The van der Waals surface area contributed by atoms with E-state index in [9.17, 15) is 9.59 Å². The van der Waals surface area contributed by atoms with Crippen molar-refractivity contribution in [2.75, 3.05) is 18.5 Å². The molecule has 0 radical (unpaired) electrons. The van der Waals surface area contributed by atoms with Crippen molar-refractivity contribution in [3.63, 3.8) is 0 Å². The van der Waals surface area contributed by atoms with Crippen molar-refractivity contribution < 1.29 is 19.4 Å². The number of carbonyl (C=O) groups excluding carboxylic acids is 1. The van der Waals surface area contributed by atoms with E-state index in [1.807, 2.05) is 22.6 Å². The van der Waals surface area contributed by atoms with Gasteiger partial charge >= 0.3 is 5.97 Å². The van der Waals surface area contributed by atoms with Crippen LogP contribution in [0.5, 0.6) is 0 Å². The number of nitrogens with one attached hydrogen (secondary N) is 1. The minimum Gasteiger partial charge on any atom is -0.478 e. The van der Waals surface area contributed by atoms with Gasteiger partial charge in [-0.1, -0.05) is 0 Å². The monoisotopic (exact) mass is 361 g/mol. The molecule has 1 aliphatic heterocycles. The van der Waals surface area contributed by atoms with Gasteiger partial charge < -0.3 is 15.2 Å². The highest BCUT2D eigenvalue weighted by molar-refractivity contribution is 14.1. The van der Waals surface area contributed by atoms with E-state index >= 15 is 0 Å². The number of hydrogen-bond acceptors (Lipinski definition) is 3. The quantitative estimate of drug-likeness (QED) is 0.808. The first-order chi connectivity index (χ1) is 8.58. The van der Waals surface area contributed by atoms with Gasteiger partial charge in [-0.25, -0.2) is 4.79 Å². The molecule has 1 unspecified atom stereocenters. The Hall–Kier alpha value is -1.15. The van der Waals surface area contributed by atoms with Crippen molar-refractivity contribution in [2.45, 2.75) is 6.42 Å². The molecule has 96 valence electrons. The van der Waals surface area contributed by atoms with Crippen LogP contribution in [0.1, 0.15) is 16.8 Å². The maximum atomic E-state index is 11.9. The highest BCUT2D eigenvalue weighted by atomic mass is 127. The number of amides is 1. The van der Waals surface area contributed by atoms with Crippen LogP contribution in [0.2, 0.25) is 0 Å². The summed E-state index contributed by atoms with van der Waals surface area (Å²) in [5, 5.41) is 11.7. The van der Waals surface area contributed by atoms with Crippen molar-refractivity contribution in [3.05, 3.63) is 27.3 Å². The molecule has 1 heterocycles. The molecule has 2 N–H and O–H groups in total. The first kappa shape index (κ1) is 13.3. The Morgan fingerprint density at radius 3 is 2.83 bits per heavy atom. The van der Waals surface area contributed by atoms with Gasteiger partial charge in [0.1, 0.15) is 0 Å². The maximum Gasteiger partial charge on any atom is 0.337 e. The SMILES string of the molecule is O=C(O)c1cc(I)ccc1NC(=O)C1CCOC1. The van der Waals surface area contributed by atoms with E-state index < -0.39 is 5.97 Å². The van der Waals surface area contributed by atoms with Gasteiger partial charge in [-0.3, -0.25) is 4.79 Å². The molecule has 1 atom stereocenters. The van der Waals surface area contributed by atoms with Crippen LogP contribution in [-0.4, -0.2) is 30.2 Å². The summed E-state index contributed by atoms with van der Waals surface area (Å²) in [6, 6.07) is 4.90. The Kier molecular flexibility index (Phi) is 4.18. The number of carboxylic acids is 1. The van der Waals surface area contributed by atoms with E-state index in [0.717, 1.165) is 3.57 Å². The molecule has 0 bridgehead atoms. The van der Waals surface area contributed by atoms with Gasteiger partial charge in [0.25, 0.3) is 0 Å². The second-order valence-electron chi connectivity index (χ2n) is 4.04. The second kappa shape index (κ2) is 5.66. The average molecular weight is 361 g/mol. The van der Waals surface area contributed by atoms with Crippen molar-refractivity contribution >= 4 is 40.2 Å². The van der Waals surface area contributed by atoms with Crippen molar-refractivity contribution in [1.29, 1.82) is 0 Å². The first-order valence-electron chi connectivity index (χ1n) is 5.49. The summed E-state index contributed by atoms with van der Waals surface area (Å²) in [4.78, 5) is 23.0. The van der Waals surface area contributed by atoms with Gasteiger partial charge in [0.15, 0.2) is 0 Å². The predicted octanol–water partition coefficient (Wildman–Crippen LogP) is 1.96. The third-order valence-corrected chi connectivity index (χ3v) is 3.44. The van der Waals surface area contributed by atoms with E-state index in [4.69, 9.17) is 9.84 Å². The molecule has 0 aliphatic carbocycles. The molecule has 1 saturated heterocycles. The van der Waals surface area contributed by atoms with Gasteiger partial charge in [-0.05, 0) is 47.2 Å². The van der Waals surface area contributed by atoms with Crippen LogP contribution in [0.15, 0.2) is 18.2 Å². The summed E-state index contributed by atoms with van der Waals surface area (Å²) in [5.41, 5.74) is 0.439. The molecular formula is C12H12INO4. The lowest BCUT2D eigenvalue weighted by Gasteiger charge is -2.11. The van der Waals surface area contributed by atoms with Gasteiger partial charge in [-0.15, -0.1) is 0 Å². The van der Waals surface area contributed by atoms with E-state index in [1.54, 1.807) is 12.1 Å². The minimum absolute atomic E-state index is 0.106. The number of aromatic carboxylic acids is 1. The number of carboxylic acid groups (broad SMARTS) is 1. The number of anilines is 1. The Morgan fingerprint density at radius 2 is 2.22 bits per heavy atom. The topological polar surface area (TPSA) is 75.6 Å². The van der Waals surface area contributed by atoms with Crippen LogP contribution in [0.4, 0.5) is 5.69 Å². The Balaban J connectivity index is 2.17. The third-order valence-electron chi connectivity index (χ3n) is 2.77. The number of rotatable bonds is 3. The molecule has 0 spiro atoms. The zero-order chi connectivity index (χ0) is 13.1. The predicted molar refractivity (Wildman–Crippen MR) is 73.7 cm³/mol. The van der Waals surface area contributed by atoms with Crippen LogP contribution < -0.4 is 5.32 Å². The normalized spacial score (nSPS) is 18.6. The molecule has 6 heteroatoms. The molecule has 0 aromatic heterocycles. The fourth-order valence-electron chi connectivity index (χ4n) is 1.78. The molecule has 1 aliphatic rings. The molecule has 0 saturated carbocycles. The van der Waals surface area contributed by atoms with Gasteiger partial charge in [-0.2, -0.15) is 0 Å². The van der Waals surface area contributed by atoms with Crippen LogP contribution in [0, 0.1) is 9.49 Å². The minimum atomic E-state index is -1.05. The highest BCUT2D eigenvalue weighted by Crippen LogP contribution is 2.21. The molecule has 5 nitrogen and oxygen atoms in total. The smallest absolute Gasteiger partial charge is 0.337 e. The van der Waals surface area contributed by atoms with Crippen LogP contribution in [0.3, 0.4) is 0 Å². The summed E-state index contributed by atoms with van der Waals surface area (Å²) in [6.45, 7) is 0.981. The summed E-state index contributed by atoms with van der Waals surface area (Å²) in [6.07, 6.45) is 0.679. The van der Waals surface area contributed by atoms with Crippen LogP contribution >= 0.6 is 22.6 Å². The molecule has 1 aromatic rings. The molecule has 1 aromatic carbocycles. The van der Waals surface area contributed by atoms with Crippen molar-refractivity contribution in [1.82, 2.24) is 0 Å². The van der Waals surface area contributed by atoms with Gasteiger partial charge in [0.2, 0.25) is 5.91 Å². The van der Waals surface area contributed by atoms with E-state index in [2.05, 4.69) is 5.32 Å². The molecule has 1 fully saturated rings. The first-order valence-corrected chi connectivity index (χ1v) is 6.57. The number of halogens is 1. The van der Waals surface area contributed by atoms with Gasteiger partial charge in [0.05, 0.1) is 23.8 Å². The summed E-state index contributed by atoms with van der Waals surface area (Å²) in [5.74, 6) is -1.42. The van der Waals surface area contributed by atoms with E-state index in [1.165, 1.54) is 6.07 Å². The zero-order valence-electron chi connectivity index (χ0n) is 9.48. The molecule has 2 rings (SSSR count). The summed E-state index contributed by atoms with van der Waals surface area (Å²) >= 11 is 2.03.